The molecule has 1 aromatic heterocycles. The van der Waals surface area contributed by atoms with Gasteiger partial charge in [-0.1, -0.05) is 0 Å². The zero-order valence-corrected chi connectivity index (χ0v) is 10.8. The minimum Gasteiger partial charge on any atom is -0.469 e. The van der Waals surface area contributed by atoms with Crippen molar-refractivity contribution in [3.63, 3.8) is 0 Å². The Morgan fingerprint density at radius 1 is 1.71 bits per heavy atom. The topological polar surface area (TPSA) is 66.2 Å². The van der Waals surface area contributed by atoms with Crippen molar-refractivity contribution < 1.29 is 9.53 Å². The number of nitriles is 1. The number of rotatable bonds is 6. The molecule has 1 heterocycles. The largest absolute Gasteiger partial charge is 0.469 e. The molecule has 0 saturated heterocycles. The molecule has 0 aliphatic rings. The third-order valence-corrected chi connectivity index (χ3v) is 3.19. The number of thiazole rings is 1. The lowest BCUT2D eigenvalue weighted by Crippen LogP contribution is -2.23. The molecule has 5 nitrogen and oxygen atoms in total. The van der Waals surface area contributed by atoms with Gasteiger partial charge in [-0.3, -0.25) is 4.79 Å². The van der Waals surface area contributed by atoms with E-state index in [1.807, 2.05) is 17.2 Å². The van der Waals surface area contributed by atoms with Gasteiger partial charge in [-0.25, -0.2) is 4.98 Å². The van der Waals surface area contributed by atoms with Crippen molar-refractivity contribution in [2.24, 2.45) is 0 Å². The first-order valence-electron chi connectivity index (χ1n) is 5.34. The minimum atomic E-state index is -0.290. The summed E-state index contributed by atoms with van der Waals surface area (Å²) in [4.78, 5) is 17.5. The fourth-order valence-electron chi connectivity index (χ4n) is 1.32. The van der Waals surface area contributed by atoms with Crippen molar-refractivity contribution in [2.45, 2.75) is 19.8 Å². The number of anilines is 1. The van der Waals surface area contributed by atoms with Crippen LogP contribution < -0.4 is 4.90 Å². The van der Waals surface area contributed by atoms with Gasteiger partial charge in [-0.2, -0.15) is 5.26 Å². The van der Waals surface area contributed by atoms with Crippen LogP contribution in [0, 0.1) is 11.3 Å². The SMILES string of the molecule is CCN(CCC#N)c1nc(CC(=O)OC)cs1. The summed E-state index contributed by atoms with van der Waals surface area (Å²) in [6, 6.07) is 2.11. The number of ether oxygens (including phenoxy) is 1. The van der Waals surface area contributed by atoms with E-state index in [4.69, 9.17) is 5.26 Å². The number of aromatic nitrogens is 1. The van der Waals surface area contributed by atoms with Gasteiger partial charge in [0.1, 0.15) is 0 Å². The van der Waals surface area contributed by atoms with Crippen LogP contribution in [-0.2, 0) is 16.0 Å². The molecule has 0 radical (unpaired) electrons. The summed E-state index contributed by atoms with van der Waals surface area (Å²) in [5.41, 5.74) is 0.715. The molecule has 92 valence electrons. The first-order valence-corrected chi connectivity index (χ1v) is 6.22. The maximum absolute atomic E-state index is 11.1. The van der Waals surface area contributed by atoms with Gasteiger partial charge in [-0.05, 0) is 6.92 Å². The summed E-state index contributed by atoms with van der Waals surface area (Å²) in [6.45, 7) is 3.48. The summed E-state index contributed by atoms with van der Waals surface area (Å²) >= 11 is 1.48. The molecule has 17 heavy (non-hydrogen) atoms. The molecule has 0 saturated carbocycles. The van der Waals surface area contributed by atoms with Crippen LogP contribution in [0.4, 0.5) is 5.13 Å². The average Bonchev–Trinajstić information content (AvgIpc) is 2.78. The molecule has 1 rings (SSSR count). The lowest BCUT2D eigenvalue weighted by Gasteiger charge is -2.17. The highest BCUT2D eigenvalue weighted by atomic mass is 32.1. The molecule has 0 amide bonds. The summed E-state index contributed by atoms with van der Waals surface area (Å²) in [5.74, 6) is -0.290. The number of esters is 1. The Hall–Kier alpha value is -1.61. The smallest absolute Gasteiger partial charge is 0.311 e. The third kappa shape index (κ3) is 4.04. The standard InChI is InChI=1S/C11H15N3O2S/c1-3-14(6-4-5-12)11-13-9(8-17-11)7-10(15)16-2/h8H,3-4,6-7H2,1-2H3. The lowest BCUT2D eigenvalue weighted by atomic mass is 10.3. The second kappa shape index (κ2) is 6.86. The van der Waals surface area contributed by atoms with Crippen LogP contribution in [0.5, 0.6) is 0 Å². The van der Waals surface area contributed by atoms with Gasteiger partial charge in [0.05, 0.1) is 31.7 Å². The average molecular weight is 253 g/mol. The molecular formula is C11H15N3O2S. The van der Waals surface area contributed by atoms with Gasteiger partial charge in [0.25, 0.3) is 0 Å². The van der Waals surface area contributed by atoms with Crippen molar-refractivity contribution in [1.82, 2.24) is 4.98 Å². The first kappa shape index (κ1) is 13.5. The molecule has 0 atom stereocenters. The second-order valence-electron chi connectivity index (χ2n) is 3.36. The van der Waals surface area contributed by atoms with Crippen LogP contribution in [0.25, 0.3) is 0 Å². The summed E-state index contributed by atoms with van der Waals surface area (Å²) in [7, 11) is 1.36. The van der Waals surface area contributed by atoms with Crippen molar-refractivity contribution in [2.75, 3.05) is 25.1 Å². The van der Waals surface area contributed by atoms with Crippen LogP contribution in [-0.4, -0.2) is 31.2 Å². The highest BCUT2D eigenvalue weighted by Gasteiger charge is 2.11. The molecule has 0 aliphatic carbocycles. The van der Waals surface area contributed by atoms with Crippen molar-refractivity contribution in [1.29, 1.82) is 5.26 Å². The van der Waals surface area contributed by atoms with E-state index in [2.05, 4.69) is 15.8 Å². The quantitative estimate of drug-likeness (QED) is 0.720. The normalized spacial score (nSPS) is 9.71. The zero-order chi connectivity index (χ0) is 12.7. The predicted molar refractivity (Wildman–Crippen MR) is 66.0 cm³/mol. The van der Waals surface area contributed by atoms with Crippen LogP contribution in [0.3, 0.4) is 0 Å². The van der Waals surface area contributed by atoms with E-state index < -0.39 is 0 Å². The molecule has 0 aromatic carbocycles. The molecule has 0 bridgehead atoms. The fraction of sp³-hybridized carbons (Fsp3) is 0.545. The van der Waals surface area contributed by atoms with Gasteiger partial charge >= 0.3 is 5.97 Å². The van der Waals surface area contributed by atoms with Crippen LogP contribution in [0.1, 0.15) is 19.0 Å². The van der Waals surface area contributed by atoms with E-state index in [9.17, 15) is 4.79 Å². The maximum Gasteiger partial charge on any atom is 0.311 e. The summed E-state index contributed by atoms with van der Waals surface area (Å²) in [5, 5.41) is 11.3. The van der Waals surface area contributed by atoms with Gasteiger partial charge in [-0.15, -0.1) is 11.3 Å². The van der Waals surface area contributed by atoms with E-state index in [0.29, 0.717) is 18.7 Å². The van der Waals surface area contributed by atoms with Crippen LogP contribution in [0.2, 0.25) is 0 Å². The van der Waals surface area contributed by atoms with Crippen molar-refractivity contribution in [3.8, 4) is 6.07 Å². The maximum atomic E-state index is 11.1. The third-order valence-electron chi connectivity index (χ3n) is 2.24. The van der Waals surface area contributed by atoms with E-state index in [0.717, 1.165) is 11.7 Å². The molecule has 0 unspecified atom stereocenters. The van der Waals surface area contributed by atoms with E-state index in [1.54, 1.807) is 0 Å². The van der Waals surface area contributed by atoms with Crippen molar-refractivity contribution in [3.05, 3.63) is 11.1 Å². The second-order valence-corrected chi connectivity index (χ2v) is 4.20. The Bertz CT molecular complexity index is 411. The van der Waals surface area contributed by atoms with Crippen LogP contribution >= 0.6 is 11.3 Å². The summed E-state index contributed by atoms with van der Waals surface area (Å²) in [6.07, 6.45) is 0.669. The highest BCUT2D eigenvalue weighted by Crippen LogP contribution is 2.20. The zero-order valence-electron chi connectivity index (χ0n) is 9.97. The van der Waals surface area contributed by atoms with E-state index in [1.165, 1.54) is 18.4 Å². The monoisotopic (exact) mass is 253 g/mol. The molecular weight excluding hydrogens is 238 g/mol. The summed E-state index contributed by atoms with van der Waals surface area (Å²) < 4.78 is 4.58. The molecule has 0 spiro atoms. The Balaban J connectivity index is 2.65. The Kier molecular flexibility index (Phi) is 5.43. The van der Waals surface area contributed by atoms with E-state index >= 15 is 0 Å². The Morgan fingerprint density at radius 3 is 3.06 bits per heavy atom. The molecule has 1 aromatic rings. The first-order chi connectivity index (χ1) is 8.21. The van der Waals surface area contributed by atoms with Gasteiger partial charge in [0, 0.05) is 18.5 Å². The Labute approximate surface area is 105 Å². The highest BCUT2D eigenvalue weighted by molar-refractivity contribution is 7.13. The number of nitrogens with zero attached hydrogens (tertiary/aromatic N) is 3. The number of methoxy groups -OCH3 is 1. The van der Waals surface area contributed by atoms with Gasteiger partial charge in [0.2, 0.25) is 0 Å². The number of carbonyl (C=O) groups excluding carboxylic acids is 1. The number of hydrogen-bond acceptors (Lipinski definition) is 6. The molecule has 0 fully saturated rings. The van der Waals surface area contributed by atoms with Crippen LogP contribution in [0.15, 0.2) is 5.38 Å². The lowest BCUT2D eigenvalue weighted by molar-refractivity contribution is -0.139. The number of hydrogen-bond donors (Lipinski definition) is 0. The minimum absolute atomic E-state index is 0.197. The molecule has 0 N–H and O–H groups in total. The van der Waals surface area contributed by atoms with Gasteiger partial charge < -0.3 is 9.64 Å². The van der Waals surface area contributed by atoms with Gasteiger partial charge in [0.15, 0.2) is 5.13 Å². The van der Waals surface area contributed by atoms with Crippen molar-refractivity contribution >= 4 is 22.4 Å². The predicted octanol–water partition coefficient (Wildman–Crippen LogP) is 1.60. The fourth-order valence-corrected chi connectivity index (χ4v) is 2.23. The molecule has 0 aliphatic heterocycles. The molecule has 6 heteroatoms. The number of carbonyl (C=O) groups is 1. The van der Waals surface area contributed by atoms with E-state index in [-0.39, 0.29) is 12.4 Å². The Morgan fingerprint density at radius 2 is 2.47 bits per heavy atom.